The minimum absolute atomic E-state index is 0.134. The summed E-state index contributed by atoms with van der Waals surface area (Å²) in [6.07, 6.45) is 4.22. The van der Waals surface area contributed by atoms with Crippen LogP contribution in [0.1, 0.15) is 29.9 Å². The zero-order valence-electron chi connectivity index (χ0n) is 17.9. The molecule has 0 aromatic heterocycles. The summed E-state index contributed by atoms with van der Waals surface area (Å²) in [7, 11) is 0. The quantitative estimate of drug-likeness (QED) is 0.412. The second-order valence-electron chi connectivity index (χ2n) is 8.25. The number of imide groups is 1. The molecule has 2 aliphatic rings. The van der Waals surface area contributed by atoms with Crippen molar-refractivity contribution in [2.45, 2.75) is 18.8 Å². The molecule has 0 radical (unpaired) electrons. The van der Waals surface area contributed by atoms with Crippen molar-refractivity contribution < 1.29 is 14.3 Å². The normalized spacial score (nSPS) is 24.5. The fourth-order valence-electron chi connectivity index (χ4n) is 5.05. The third-order valence-electron chi connectivity index (χ3n) is 6.47. The number of hydrogen-bond donors (Lipinski definition) is 0. The predicted molar refractivity (Wildman–Crippen MR) is 125 cm³/mol. The molecule has 160 valence electrons. The minimum Gasteiger partial charge on any atom is -0.494 e. The van der Waals surface area contributed by atoms with Gasteiger partial charge in [-0.2, -0.15) is 0 Å². The number of anilines is 1. The summed E-state index contributed by atoms with van der Waals surface area (Å²) in [6, 6.07) is 27.2. The van der Waals surface area contributed by atoms with E-state index >= 15 is 0 Å². The van der Waals surface area contributed by atoms with E-state index in [-0.39, 0.29) is 23.7 Å². The van der Waals surface area contributed by atoms with Crippen LogP contribution in [0.15, 0.2) is 97.1 Å². The van der Waals surface area contributed by atoms with Crippen LogP contribution in [-0.4, -0.2) is 18.4 Å². The van der Waals surface area contributed by atoms with Crippen molar-refractivity contribution in [1.82, 2.24) is 0 Å². The van der Waals surface area contributed by atoms with E-state index in [4.69, 9.17) is 4.74 Å². The van der Waals surface area contributed by atoms with E-state index in [1.54, 1.807) is 12.1 Å². The molecule has 4 heteroatoms. The van der Waals surface area contributed by atoms with Crippen LogP contribution in [0.4, 0.5) is 5.69 Å². The molecule has 3 aromatic carbocycles. The first-order valence-corrected chi connectivity index (χ1v) is 11.1. The smallest absolute Gasteiger partial charge is 0.238 e. The topological polar surface area (TPSA) is 46.6 Å². The van der Waals surface area contributed by atoms with Gasteiger partial charge in [-0.3, -0.25) is 9.59 Å². The highest BCUT2D eigenvalue weighted by Gasteiger charge is 2.55. The molecule has 4 nitrogen and oxygen atoms in total. The number of carbonyl (C=O) groups is 2. The lowest BCUT2D eigenvalue weighted by Gasteiger charge is -2.32. The van der Waals surface area contributed by atoms with Crippen LogP contribution < -0.4 is 9.64 Å². The van der Waals surface area contributed by atoms with E-state index in [1.807, 2.05) is 79.7 Å². The zero-order chi connectivity index (χ0) is 22.1. The molecule has 1 aliphatic heterocycles. The molecule has 2 amide bonds. The molecule has 1 aliphatic carbocycles. The van der Waals surface area contributed by atoms with Gasteiger partial charge in [0.1, 0.15) is 5.75 Å². The first-order chi connectivity index (χ1) is 15.7. The summed E-state index contributed by atoms with van der Waals surface area (Å²) in [5.41, 5.74) is 2.70. The fraction of sp³-hybridized carbons (Fsp3) is 0.214. The van der Waals surface area contributed by atoms with Crippen molar-refractivity contribution in [3.63, 3.8) is 0 Å². The van der Waals surface area contributed by atoms with Crippen LogP contribution in [0.2, 0.25) is 0 Å². The second-order valence-corrected chi connectivity index (χ2v) is 8.25. The lowest BCUT2D eigenvalue weighted by atomic mass is 9.68. The summed E-state index contributed by atoms with van der Waals surface area (Å²) in [6.45, 7) is 2.49. The highest BCUT2D eigenvalue weighted by atomic mass is 16.5. The average molecular weight is 424 g/mol. The molecule has 1 saturated heterocycles. The van der Waals surface area contributed by atoms with Crippen molar-refractivity contribution in [2.75, 3.05) is 11.5 Å². The van der Waals surface area contributed by atoms with E-state index in [0.717, 1.165) is 16.9 Å². The van der Waals surface area contributed by atoms with Crippen molar-refractivity contribution in [3.05, 3.63) is 108 Å². The van der Waals surface area contributed by atoms with Gasteiger partial charge in [-0.1, -0.05) is 72.8 Å². The number of carbonyl (C=O) groups excluding carboxylic acids is 2. The van der Waals surface area contributed by atoms with Gasteiger partial charge in [0, 0.05) is 11.8 Å². The maximum Gasteiger partial charge on any atom is 0.238 e. The number of fused-ring (bicyclic) bond motifs is 1. The lowest BCUT2D eigenvalue weighted by molar-refractivity contribution is -0.122. The van der Waals surface area contributed by atoms with E-state index in [1.165, 1.54) is 4.90 Å². The van der Waals surface area contributed by atoms with E-state index in [9.17, 15) is 9.59 Å². The molecule has 1 fully saturated rings. The lowest BCUT2D eigenvalue weighted by Crippen LogP contribution is -2.31. The van der Waals surface area contributed by atoms with Gasteiger partial charge in [0.05, 0.1) is 24.1 Å². The number of nitrogens with zero attached hydrogens (tertiary/aromatic N) is 1. The number of amides is 2. The SMILES string of the molecule is CCOc1ccc(N2C(=O)[C@@H]3[C@H](C2=O)[C@H](c2ccccc2)C=C[C@@H]3c2ccccc2)cc1. The standard InChI is InChI=1S/C28H25NO3/c1-2-32-22-15-13-21(14-16-22)29-27(30)25-23(19-9-5-3-6-10-19)17-18-24(26(25)28(29)31)20-11-7-4-8-12-20/h3-18,23-26H,2H2,1H3/t23-,24+,25+,26-. The average Bonchev–Trinajstić information content (AvgIpc) is 3.11. The van der Waals surface area contributed by atoms with Gasteiger partial charge in [-0.25, -0.2) is 4.90 Å². The van der Waals surface area contributed by atoms with E-state index < -0.39 is 11.8 Å². The number of rotatable bonds is 5. The Morgan fingerprint density at radius 1 is 0.688 bits per heavy atom. The highest BCUT2D eigenvalue weighted by Crippen LogP contribution is 2.50. The zero-order valence-corrected chi connectivity index (χ0v) is 17.9. The molecule has 0 saturated carbocycles. The van der Waals surface area contributed by atoms with Gasteiger partial charge in [-0.05, 0) is 42.3 Å². The van der Waals surface area contributed by atoms with Crippen LogP contribution in [0.25, 0.3) is 0 Å². The fourth-order valence-corrected chi connectivity index (χ4v) is 5.05. The Morgan fingerprint density at radius 2 is 1.16 bits per heavy atom. The molecule has 0 bridgehead atoms. The van der Waals surface area contributed by atoms with Crippen LogP contribution >= 0.6 is 0 Å². The molecule has 3 aromatic rings. The summed E-state index contributed by atoms with van der Waals surface area (Å²) >= 11 is 0. The molecule has 1 heterocycles. The van der Waals surface area contributed by atoms with Gasteiger partial charge in [0.15, 0.2) is 0 Å². The van der Waals surface area contributed by atoms with Crippen molar-refractivity contribution in [1.29, 1.82) is 0 Å². The Kier molecular flexibility index (Phi) is 5.36. The summed E-state index contributed by atoms with van der Waals surface area (Å²) in [5.74, 6) is -0.695. The van der Waals surface area contributed by atoms with Crippen molar-refractivity contribution in [2.24, 2.45) is 11.8 Å². The van der Waals surface area contributed by atoms with Crippen LogP contribution in [0.3, 0.4) is 0 Å². The van der Waals surface area contributed by atoms with Crippen LogP contribution in [0, 0.1) is 11.8 Å². The van der Waals surface area contributed by atoms with E-state index in [2.05, 4.69) is 12.2 Å². The second kappa shape index (κ2) is 8.46. The third kappa shape index (κ3) is 3.42. The number of benzene rings is 3. The Labute approximate surface area is 188 Å². The monoisotopic (exact) mass is 423 g/mol. The van der Waals surface area contributed by atoms with Crippen molar-refractivity contribution >= 4 is 17.5 Å². The molecular weight excluding hydrogens is 398 g/mol. The maximum absolute atomic E-state index is 13.8. The minimum atomic E-state index is -0.438. The largest absolute Gasteiger partial charge is 0.494 e. The molecule has 5 rings (SSSR count). The highest BCUT2D eigenvalue weighted by molar-refractivity contribution is 6.23. The summed E-state index contributed by atoms with van der Waals surface area (Å²) in [4.78, 5) is 28.9. The molecular formula is C28H25NO3. The molecule has 32 heavy (non-hydrogen) atoms. The number of hydrogen-bond acceptors (Lipinski definition) is 3. The van der Waals surface area contributed by atoms with E-state index in [0.29, 0.717) is 12.3 Å². The first-order valence-electron chi connectivity index (χ1n) is 11.1. The predicted octanol–water partition coefficient (Wildman–Crippen LogP) is 5.33. The molecule has 0 spiro atoms. The molecule has 0 unspecified atom stereocenters. The van der Waals surface area contributed by atoms with Gasteiger partial charge < -0.3 is 4.74 Å². The Bertz CT molecular complexity index is 1070. The van der Waals surface area contributed by atoms with Crippen LogP contribution in [-0.2, 0) is 9.59 Å². The maximum atomic E-state index is 13.8. The summed E-state index contributed by atoms with van der Waals surface area (Å²) in [5, 5.41) is 0. The van der Waals surface area contributed by atoms with Gasteiger partial charge in [0.25, 0.3) is 0 Å². The van der Waals surface area contributed by atoms with Gasteiger partial charge >= 0.3 is 0 Å². The molecule has 4 atom stereocenters. The van der Waals surface area contributed by atoms with Crippen molar-refractivity contribution in [3.8, 4) is 5.75 Å². The Morgan fingerprint density at radius 3 is 1.59 bits per heavy atom. The molecule has 0 N–H and O–H groups in total. The van der Waals surface area contributed by atoms with Gasteiger partial charge in [0.2, 0.25) is 11.8 Å². The Hall–Kier alpha value is -3.66. The third-order valence-corrected chi connectivity index (χ3v) is 6.47. The van der Waals surface area contributed by atoms with Gasteiger partial charge in [-0.15, -0.1) is 0 Å². The first kappa shape index (κ1) is 20.3. The number of allylic oxidation sites excluding steroid dienone is 2. The van der Waals surface area contributed by atoms with Crippen LogP contribution in [0.5, 0.6) is 5.75 Å². The Balaban J connectivity index is 1.58. The number of ether oxygens (including phenoxy) is 1. The summed E-state index contributed by atoms with van der Waals surface area (Å²) < 4.78 is 5.52.